The Morgan fingerprint density at radius 1 is 1.10 bits per heavy atom. The predicted molar refractivity (Wildman–Crippen MR) is 110 cm³/mol. The molecule has 1 aliphatic heterocycles. The van der Waals surface area contributed by atoms with Crippen LogP contribution in [-0.4, -0.2) is 48.7 Å². The molecule has 29 heavy (non-hydrogen) atoms. The minimum atomic E-state index is -0.659. The van der Waals surface area contributed by atoms with Crippen LogP contribution in [0, 0.1) is 0 Å². The second-order valence-electron chi connectivity index (χ2n) is 7.25. The van der Waals surface area contributed by atoms with Gasteiger partial charge in [0.1, 0.15) is 0 Å². The third-order valence-electron chi connectivity index (χ3n) is 5.24. The van der Waals surface area contributed by atoms with Crippen LogP contribution in [0.15, 0.2) is 48.5 Å². The van der Waals surface area contributed by atoms with Crippen LogP contribution in [0.4, 0.5) is 0 Å². The molecular weight excluding hydrogens is 370 g/mol. The van der Waals surface area contributed by atoms with Gasteiger partial charge in [0.25, 0.3) is 0 Å². The highest BCUT2D eigenvalue weighted by atomic mass is 16.7. The SMILES string of the molecule is CC(NC(=O)C(N)Cc1ccccc1)N(C)C(C)C(=O)c1ccc2c(c1)OCO2. The highest BCUT2D eigenvalue weighted by Crippen LogP contribution is 2.33. The van der Waals surface area contributed by atoms with E-state index < -0.39 is 12.1 Å². The first kappa shape index (κ1) is 20.8. The fourth-order valence-corrected chi connectivity index (χ4v) is 3.19. The number of ether oxygens (including phenoxy) is 2. The van der Waals surface area contributed by atoms with Crippen molar-refractivity contribution in [3.8, 4) is 11.5 Å². The van der Waals surface area contributed by atoms with Crippen molar-refractivity contribution in [3.05, 3.63) is 59.7 Å². The second-order valence-corrected chi connectivity index (χ2v) is 7.25. The first-order valence-corrected chi connectivity index (χ1v) is 9.62. The quantitative estimate of drug-likeness (QED) is 0.522. The average molecular weight is 397 g/mol. The van der Waals surface area contributed by atoms with E-state index in [1.165, 1.54) is 0 Å². The number of amides is 1. The Balaban J connectivity index is 1.57. The molecule has 0 fully saturated rings. The van der Waals surface area contributed by atoms with Crippen molar-refractivity contribution in [2.24, 2.45) is 5.73 Å². The van der Waals surface area contributed by atoms with Gasteiger partial charge in [-0.15, -0.1) is 0 Å². The normalized spacial score (nSPS) is 15.6. The lowest BCUT2D eigenvalue weighted by Crippen LogP contribution is -2.54. The number of ketones is 1. The number of carbonyl (C=O) groups is 2. The van der Waals surface area contributed by atoms with Gasteiger partial charge in [-0.05, 0) is 51.1 Å². The van der Waals surface area contributed by atoms with Crippen molar-refractivity contribution in [1.29, 1.82) is 0 Å². The molecule has 1 amide bonds. The number of hydrogen-bond donors (Lipinski definition) is 2. The van der Waals surface area contributed by atoms with E-state index in [1.54, 1.807) is 37.1 Å². The Bertz CT molecular complexity index is 872. The van der Waals surface area contributed by atoms with Crippen molar-refractivity contribution >= 4 is 11.7 Å². The van der Waals surface area contributed by atoms with Gasteiger partial charge in [0.05, 0.1) is 18.2 Å². The van der Waals surface area contributed by atoms with Crippen LogP contribution in [-0.2, 0) is 11.2 Å². The number of fused-ring (bicyclic) bond motifs is 1. The Morgan fingerprint density at radius 2 is 1.79 bits per heavy atom. The molecule has 1 heterocycles. The number of nitrogens with zero attached hydrogens (tertiary/aromatic N) is 1. The maximum absolute atomic E-state index is 12.9. The Labute approximate surface area is 170 Å². The Hall–Kier alpha value is -2.90. The van der Waals surface area contributed by atoms with Gasteiger partial charge in [-0.2, -0.15) is 0 Å². The van der Waals surface area contributed by atoms with Gasteiger partial charge in [-0.1, -0.05) is 30.3 Å². The van der Waals surface area contributed by atoms with E-state index in [4.69, 9.17) is 15.2 Å². The fraction of sp³-hybridized carbons (Fsp3) is 0.364. The van der Waals surface area contributed by atoms with Gasteiger partial charge in [-0.3, -0.25) is 14.5 Å². The van der Waals surface area contributed by atoms with Crippen LogP contribution in [0.25, 0.3) is 0 Å². The van der Waals surface area contributed by atoms with Gasteiger partial charge in [0, 0.05) is 5.56 Å². The fourth-order valence-electron chi connectivity index (χ4n) is 3.19. The molecule has 0 saturated carbocycles. The smallest absolute Gasteiger partial charge is 0.238 e. The highest BCUT2D eigenvalue weighted by molar-refractivity contribution is 6.00. The number of nitrogens with two attached hydrogens (primary N) is 1. The first-order chi connectivity index (χ1) is 13.9. The van der Waals surface area contributed by atoms with E-state index in [1.807, 2.05) is 37.3 Å². The van der Waals surface area contributed by atoms with E-state index in [-0.39, 0.29) is 24.6 Å². The summed E-state index contributed by atoms with van der Waals surface area (Å²) in [6.45, 7) is 3.80. The van der Waals surface area contributed by atoms with Gasteiger partial charge < -0.3 is 20.5 Å². The number of Topliss-reactive ketones (excluding diaryl/α,β-unsaturated/α-hetero) is 1. The maximum atomic E-state index is 12.9. The zero-order chi connectivity index (χ0) is 21.0. The Kier molecular flexibility index (Phi) is 6.51. The number of rotatable bonds is 8. The molecule has 154 valence electrons. The van der Waals surface area contributed by atoms with E-state index in [0.29, 0.717) is 23.5 Å². The third-order valence-corrected chi connectivity index (χ3v) is 5.24. The molecule has 3 unspecified atom stereocenters. The van der Waals surface area contributed by atoms with Crippen molar-refractivity contribution < 1.29 is 19.1 Å². The summed E-state index contributed by atoms with van der Waals surface area (Å²) in [5, 5.41) is 2.89. The summed E-state index contributed by atoms with van der Waals surface area (Å²) in [4.78, 5) is 27.2. The number of likely N-dealkylation sites (N-methyl/N-ethyl adjacent to an activating group) is 1. The summed E-state index contributed by atoms with van der Waals surface area (Å²) in [5.41, 5.74) is 7.59. The van der Waals surface area contributed by atoms with E-state index in [2.05, 4.69) is 5.32 Å². The van der Waals surface area contributed by atoms with E-state index >= 15 is 0 Å². The van der Waals surface area contributed by atoms with Crippen molar-refractivity contribution in [3.63, 3.8) is 0 Å². The standard InChI is InChI=1S/C22H27N3O4/c1-14(21(26)17-9-10-19-20(12-17)29-13-28-19)25(3)15(2)24-22(27)18(23)11-16-7-5-4-6-8-16/h4-10,12,14-15,18H,11,13,23H2,1-3H3,(H,24,27). The average Bonchev–Trinajstić information content (AvgIpc) is 3.20. The summed E-state index contributed by atoms with van der Waals surface area (Å²) < 4.78 is 10.6. The minimum Gasteiger partial charge on any atom is -0.454 e. The molecule has 7 heteroatoms. The van der Waals surface area contributed by atoms with Crippen LogP contribution in [0.2, 0.25) is 0 Å². The lowest BCUT2D eigenvalue weighted by atomic mass is 10.0. The monoisotopic (exact) mass is 397 g/mol. The molecule has 0 radical (unpaired) electrons. The minimum absolute atomic E-state index is 0.0690. The van der Waals surface area contributed by atoms with Crippen LogP contribution < -0.4 is 20.5 Å². The van der Waals surface area contributed by atoms with Crippen LogP contribution >= 0.6 is 0 Å². The highest BCUT2D eigenvalue weighted by Gasteiger charge is 2.27. The Morgan fingerprint density at radius 3 is 2.52 bits per heavy atom. The summed E-state index contributed by atoms with van der Waals surface area (Å²) >= 11 is 0. The zero-order valence-electron chi connectivity index (χ0n) is 16.9. The molecule has 0 bridgehead atoms. The lowest BCUT2D eigenvalue weighted by Gasteiger charge is -2.31. The van der Waals surface area contributed by atoms with E-state index in [0.717, 1.165) is 5.56 Å². The van der Waals surface area contributed by atoms with Gasteiger partial charge >= 0.3 is 0 Å². The molecule has 2 aromatic carbocycles. The molecule has 2 aromatic rings. The molecule has 3 N–H and O–H groups in total. The van der Waals surface area contributed by atoms with Crippen molar-refractivity contribution in [2.75, 3.05) is 13.8 Å². The summed E-state index contributed by atoms with van der Waals surface area (Å²) in [6.07, 6.45) is 0.0895. The number of hydrogen-bond acceptors (Lipinski definition) is 6. The molecule has 3 atom stereocenters. The van der Waals surface area contributed by atoms with Gasteiger partial charge in [0.15, 0.2) is 17.3 Å². The summed E-state index contributed by atoms with van der Waals surface area (Å²) in [5.74, 6) is 0.881. The summed E-state index contributed by atoms with van der Waals surface area (Å²) in [7, 11) is 1.79. The molecule has 3 rings (SSSR count). The lowest BCUT2D eigenvalue weighted by molar-refractivity contribution is -0.124. The van der Waals surface area contributed by atoms with Crippen LogP contribution in [0.3, 0.4) is 0 Å². The molecule has 1 aliphatic rings. The van der Waals surface area contributed by atoms with Gasteiger partial charge in [-0.25, -0.2) is 0 Å². The first-order valence-electron chi connectivity index (χ1n) is 9.62. The molecule has 0 saturated heterocycles. The molecule has 0 aliphatic carbocycles. The molecule has 0 spiro atoms. The number of benzene rings is 2. The van der Waals surface area contributed by atoms with Crippen molar-refractivity contribution in [2.45, 2.75) is 38.5 Å². The second kappa shape index (κ2) is 9.07. The maximum Gasteiger partial charge on any atom is 0.238 e. The predicted octanol–water partition coefficient (Wildman–Crippen LogP) is 1.95. The molecular formula is C22H27N3O4. The molecule has 7 nitrogen and oxygen atoms in total. The summed E-state index contributed by atoms with van der Waals surface area (Å²) in [6, 6.07) is 13.7. The largest absolute Gasteiger partial charge is 0.454 e. The van der Waals surface area contributed by atoms with Crippen molar-refractivity contribution in [1.82, 2.24) is 10.2 Å². The number of nitrogens with one attached hydrogen (secondary N) is 1. The van der Waals surface area contributed by atoms with Crippen LogP contribution in [0.5, 0.6) is 11.5 Å². The molecule has 0 aromatic heterocycles. The van der Waals surface area contributed by atoms with Gasteiger partial charge in [0.2, 0.25) is 12.7 Å². The zero-order valence-corrected chi connectivity index (χ0v) is 16.9. The van der Waals surface area contributed by atoms with E-state index in [9.17, 15) is 9.59 Å². The third kappa shape index (κ3) is 4.93. The topological polar surface area (TPSA) is 93.9 Å². The number of carbonyl (C=O) groups excluding carboxylic acids is 2. The van der Waals surface area contributed by atoms with Crippen LogP contribution in [0.1, 0.15) is 29.8 Å².